The summed E-state index contributed by atoms with van der Waals surface area (Å²) in [7, 11) is 2.16. The Morgan fingerprint density at radius 3 is 3.12 bits per heavy atom. The molecule has 0 aliphatic carbocycles. The summed E-state index contributed by atoms with van der Waals surface area (Å²) in [5.41, 5.74) is 0. The molecule has 1 aliphatic rings. The second-order valence-electron chi connectivity index (χ2n) is 4.20. The highest BCUT2D eigenvalue weighted by Crippen LogP contribution is 2.28. The second-order valence-corrected chi connectivity index (χ2v) is 5.35. The minimum absolute atomic E-state index is 0.382. The van der Waals surface area contributed by atoms with Crippen LogP contribution in [0.4, 0.5) is 0 Å². The van der Waals surface area contributed by atoms with Gasteiger partial charge >= 0.3 is 0 Å². The van der Waals surface area contributed by atoms with Crippen LogP contribution in [0.3, 0.4) is 0 Å². The molecular weight excluding hydrogens is 305 g/mol. The van der Waals surface area contributed by atoms with Crippen LogP contribution in [-0.4, -0.2) is 41.1 Å². The van der Waals surface area contributed by atoms with Crippen molar-refractivity contribution in [3.63, 3.8) is 0 Å². The summed E-state index contributed by atoms with van der Waals surface area (Å²) in [4.78, 5) is 10.3. The molecule has 1 atom stereocenters. The molecular formula is C11H15BrClN3O. The van der Waals surface area contributed by atoms with Gasteiger partial charge in [0.2, 0.25) is 5.88 Å². The number of ether oxygens (including phenoxy) is 1. The maximum absolute atomic E-state index is 5.86. The summed E-state index contributed by atoms with van der Waals surface area (Å²) in [5.74, 6) is 0.519. The molecule has 0 spiro atoms. The average Bonchev–Trinajstić information content (AvgIpc) is 2.71. The Hall–Kier alpha value is -0.390. The molecule has 1 unspecified atom stereocenters. The number of hydrogen-bond donors (Lipinski definition) is 0. The van der Waals surface area contributed by atoms with E-state index < -0.39 is 0 Å². The van der Waals surface area contributed by atoms with E-state index in [9.17, 15) is 0 Å². The first kappa shape index (κ1) is 13.1. The molecule has 0 N–H and O–H groups in total. The molecule has 0 saturated carbocycles. The summed E-state index contributed by atoms with van der Waals surface area (Å²) >= 11 is 9.17. The second kappa shape index (κ2) is 5.98. The first-order valence-corrected chi connectivity index (χ1v) is 6.84. The Morgan fingerprint density at radius 1 is 1.59 bits per heavy atom. The van der Waals surface area contributed by atoms with Gasteiger partial charge in [0.1, 0.15) is 10.8 Å². The van der Waals surface area contributed by atoms with Crippen LogP contribution in [0, 0.1) is 0 Å². The zero-order valence-electron chi connectivity index (χ0n) is 9.70. The van der Waals surface area contributed by atoms with E-state index in [4.69, 9.17) is 16.3 Å². The summed E-state index contributed by atoms with van der Waals surface area (Å²) < 4.78 is 6.25. The number of halogens is 2. The van der Waals surface area contributed by atoms with Crippen LogP contribution in [-0.2, 0) is 0 Å². The minimum atomic E-state index is 0.382. The molecule has 4 nitrogen and oxygen atoms in total. The van der Waals surface area contributed by atoms with Gasteiger partial charge in [0.15, 0.2) is 5.15 Å². The lowest BCUT2D eigenvalue weighted by Crippen LogP contribution is -2.26. The molecule has 1 aromatic rings. The molecule has 2 heterocycles. The maximum Gasteiger partial charge on any atom is 0.232 e. The first-order chi connectivity index (χ1) is 8.18. The Kier molecular flexibility index (Phi) is 4.59. The van der Waals surface area contributed by atoms with Gasteiger partial charge in [-0.25, -0.2) is 9.97 Å². The number of aromatic nitrogens is 2. The van der Waals surface area contributed by atoms with E-state index in [-0.39, 0.29) is 0 Å². The normalized spacial score (nSPS) is 20.8. The molecule has 0 aromatic carbocycles. The van der Waals surface area contributed by atoms with Crippen LogP contribution < -0.4 is 4.74 Å². The molecule has 0 radical (unpaired) electrons. The lowest BCUT2D eigenvalue weighted by atomic mass is 10.1. The van der Waals surface area contributed by atoms with Crippen molar-refractivity contribution < 1.29 is 4.74 Å². The fraction of sp³-hybridized carbons (Fsp3) is 0.636. The first-order valence-electron chi connectivity index (χ1n) is 5.67. The molecule has 17 heavy (non-hydrogen) atoms. The van der Waals surface area contributed by atoms with Gasteiger partial charge in [0.05, 0.1) is 6.61 Å². The fourth-order valence-electron chi connectivity index (χ4n) is 2.07. The van der Waals surface area contributed by atoms with Crippen LogP contribution >= 0.6 is 27.5 Å². The third kappa shape index (κ3) is 3.30. The summed E-state index contributed by atoms with van der Waals surface area (Å²) in [6.45, 7) is 1.84. The van der Waals surface area contributed by atoms with E-state index in [0.717, 1.165) is 6.42 Å². The van der Waals surface area contributed by atoms with Gasteiger partial charge in [-0.05, 0) is 48.8 Å². The Balaban J connectivity index is 1.84. The molecule has 94 valence electrons. The van der Waals surface area contributed by atoms with Crippen LogP contribution in [0.1, 0.15) is 19.3 Å². The number of likely N-dealkylation sites (tertiary alicyclic amines) is 1. The van der Waals surface area contributed by atoms with Gasteiger partial charge in [-0.3, -0.25) is 0 Å². The quantitative estimate of drug-likeness (QED) is 0.800. The zero-order valence-corrected chi connectivity index (χ0v) is 12.0. The van der Waals surface area contributed by atoms with Crippen molar-refractivity contribution in [3.8, 4) is 5.88 Å². The van der Waals surface area contributed by atoms with Gasteiger partial charge in [0.25, 0.3) is 0 Å². The van der Waals surface area contributed by atoms with Crippen molar-refractivity contribution in [2.24, 2.45) is 0 Å². The maximum atomic E-state index is 5.86. The monoisotopic (exact) mass is 319 g/mol. The van der Waals surface area contributed by atoms with E-state index in [0.29, 0.717) is 28.2 Å². The lowest BCUT2D eigenvalue weighted by molar-refractivity contribution is 0.227. The van der Waals surface area contributed by atoms with Crippen molar-refractivity contribution in [1.82, 2.24) is 14.9 Å². The highest BCUT2D eigenvalue weighted by atomic mass is 79.9. The van der Waals surface area contributed by atoms with Crippen molar-refractivity contribution in [3.05, 3.63) is 16.0 Å². The third-order valence-corrected chi connectivity index (χ3v) is 4.31. The van der Waals surface area contributed by atoms with Crippen molar-refractivity contribution >= 4 is 27.5 Å². The average molecular weight is 321 g/mol. The van der Waals surface area contributed by atoms with E-state index in [1.165, 1.54) is 25.7 Å². The summed E-state index contributed by atoms with van der Waals surface area (Å²) in [5, 5.41) is 0.382. The van der Waals surface area contributed by atoms with Crippen molar-refractivity contribution in [1.29, 1.82) is 0 Å². The van der Waals surface area contributed by atoms with E-state index in [1.807, 2.05) is 0 Å². The Morgan fingerprint density at radius 2 is 2.41 bits per heavy atom. The zero-order chi connectivity index (χ0) is 12.3. The molecule has 1 aliphatic heterocycles. The van der Waals surface area contributed by atoms with E-state index >= 15 is 0 Å². The smallest absolute Gasteiger partial charge is 0.232 e. The molecule has 0 bridgehead atoms. The van der Waals surface area contributed by atoms with Crippen LogP contribution in [0.25, 0.3) is 0 Å². The predicted octanol–water partition coefficient (Wildman–Crippen LogP) is 2.76. The minimum Gasteiger partial charge on any atom is -0.477 e. The van der Waals surface area contributed by atoms with Gasteiger partial charge in [-0.15, -0.1) is 0 Å². The molecule has 1 saturated heterocycles. The number of nitrogens with zero attached hydrogens (tertiary/aromatic N) is 3. The van der Waals surface area contributed by atoms with Gasteiger partial charge < -0.3 is 9.64 Å². The molecule has 1 aromatic heterocycles. The van der Waals surface area contributed by atoms with Crippen LogP contribution in [0.15, 0.2) is 10.8 Å². The topological polar surface area (TPSA) is 38.2 Å². The Labute approximate surface area is 114 Å². The summed E-state index contributed by atoms with van der Waals surface area (Å²) in [6.07, 6.45) is 4.96. The van der Waals surface area contributed by atoms with E-state index in [2.05, 4.69) is 37.8 Å². The fourth-order valence-corrected chi connectivity index (χ4v) is 2.51. The van der Waals surface area contributed by atoms with Gasteiger partial charge in [0, 0.05) is 6.04 Å². The highest BCUT2D eigenvalue weighted by Gasteiger charge is 2.20. The van der Waals surface area contributed by atoms with Crippen LogP contribution in [0.2, 0.25) is 5.15 Å². The molecule has 6 heteroatoms. The third-order valence-electron chi connectivity index (χ3n) is 3.08. The number of rotatable bonds is 4. The SMILES string of the molecule is CN1CCCC1CCOc1ncnc(Cl)c1Br. The van der Waals surface area contributed by atoms with Gasteiger partial charge in [-0.2, -0.15) is 0 Å². The molecule has 0 amide bonds. The molecule has 2 rings (SSSR count). The van der Waals surface area contributed by atoms with E-state index in [1.54, 1.807) is 0 Å². The number of hydrogen-bond acceptors (Lipinski definition) is 4. The predicted molar refractivity (Wildman–Crippen MR) is 70.5 cm³/mol. The highest BCUT2D eigenvalue weighted by molar-refractivity contribution is 9.10. The Bertz CT molecular complexity index is 391. The largest absolute Gasteiger partial charge is 0.477 e. The van der Waals surface area contributed by atoms with Crippen molar-refractivity contribution in [2.45, 2.75) is 25.3 Å². The van der Waals surface area contributed by atoms with Gasteiger partial charge in [-0.1, -0.05) is 11.6 Å². The lowest BCUT2D eigenvalue weighted by Gasteiger charge is -2.19. The van der Waals surface area contributed by atoms with Crippen molar-refractivity contribution in [2.75, 3.05) is 20.2 Å². The van der Waals surface area contributed by atoms with Crippen LogP contribution in [0.5, 0.6) is 5.88 Å². The summed E-state index contributed by atoms with van der Waals surface area (Å²) in [6, 6.07) is 0.631. The standard InChI is InChI=1S/C11H15BrClN3O/c1-16-5-2-3-8(16)4-6-17-11-9(12)10(13)14-7-15-11/h7-8H,2-6H2,1H3. The molecule has 1 fully saturated rings.